The summed E-state index contributed by atoms with van der Waals surface area (Å²) in [7, 11) is 1.66. The number of hydrogen-bond donors (Lipinski definition) is 2. The zero-order valence-corrected chi connectivity index (χ0v) is 14.6. The Kier molecular flexibility index (Phi) is 5.51. The molecule has 8 heteroatoms. The summed E-state index contributed by atoms with van der Waals surface area (Å²) in [6, 6.07) is 0. The second-order valence-electron chi connectivity index (χ2n) is 6.99. The Labute approximate surface area is 147 Å². The molecule has 2 aliphatic rings. The van der Waals surface area contributed by atoms with E-state index in [4.69, 9.17) is 9.84 Å². The fourth-order valence-electron chi connectivity index (χ4n) is 3.64. The van der Waals surface area contributed by atoms with E-state index in [-0.39, 0.29) is 18.2 Å². The number of piperidine rings is 1. The molecule has 1 aromatic heterocycles. The summed E-state index contributed by atoms with van der Waals surface area (Å²) >= 11 is 0. The van der Waals surface area contributed by atoms with E-state index in [9.17, 15) is 9.90 Å². The summed E-state index contributed by atoms with van der Waals surface area (Å²) in [6.45, 7) is 3.11. The van der Waals surface area contributed by atoms with Crippen molar-refractivity contribution in [1.29, 1.82) is 0 Å². The molecule has 2 saturated heterocycles. The number of nitrogens with zero attached hydrogens (tertiary/aromatic N) is 4. The van der Waals surface area contributed by atoms with Crippen LogP contribution < -0.4 is 4.90 Å². The number of aliphatic hydroxyl groups is 1. The van der Waals surface area contributed by atoms with Gasteiger partial charge in [0.2, 0.25) is 5.95 Å². The van der Waals surface area contributed by atoms with Crippen molar-refractivity contribution >= 4 is 11.9 Å². The van der Waals surface area contributed by atoms with Gasteiger partial charge in [0.1, 0.15) is 6.54 Å². The lowest BCUT2D eigenvalue weighted by Gasteiger charge is -2.46. The highest BCUT2D eigenvalue weighted by Crippen LogP contribution is 2.35. The smallest absolute Gasteiger partial charge is 0.323 e. The quantitative estimate of drug-likeness (QED) is 0.792. The Morgan fingerprint density at radius 1 is 1.40 bits per heavy atom. The third-order valence-corrected chi connectivity index (χ3v) is 5.13. The van der Waals surface area contributed by atoms with Crippen molar-refractivity contribution in [2.75, 3.05) is 38.2 Å². The van der Waals surface area contributed by atoms with Crippen LogP contribution in [0.25, 0.3) is 0 Å². The normalized spacial score (nSPS) is 23.5. The van der Waals surface area contributed by atoms with Gasteiger partial charge in [-0.2, -0.15) is 0 Å². The number of aromatic nitrogens is 2. The van der Waals surface area contributed by atoms with Crippen molar-refractivity contribution in [1.82, 2.24) is 14.9 Å². The number of likely N-dealkylation sites (tertiary alicyclic amines) is 1. The van der Waals surface area contributed by atoms with Crippen LogP contribution in [0.1, 0.15) is 31.2 Å². The third-order valence-electron chi connectivity index (χ3n) is 5.13. The van der Waals surface area contributed by atoms with Crippen LogP contribution in [0, 0.1) is 0 Å². The van der Waals surface area contributed by atoms with Crippen molar-refractivity contribution in [3.8, 4) is 0 Å². The van der Waals surface area contributed by atoms with E-state index in [0.717, 1.165) is 57.5 Å². The van der Waals surface area contributed by atoms with E-state index in [2.05, 4.69) is 14.9 Å². The van der Waals surface area contributed by atoms with Gasteiger partial charge in [-0.25, -0.2) is 9.97 Å². The molecule has 25 heavy (non-hydrogen) atoms. The van der Waals surface area contributed by atoms with Crippen LogP contribution in [0.2, 0.25) is 0 Å². The first-order chi connectivity index (χ1) is 12.0. The molecule has 1 atom stereocenters. The van der Waals surface area contributed by atoms with E-state index in [0.29, 0.717) is 5.95 Å². The minimum atomic E-state index is -0.912. The van der Waals surface area contributed by atoms with Crippen molar-refractivity contribution in [3.63, 3.8) is 0 Å². The van der Waals surface area contributed by atoms with Crippen LogP contribution in [-0.2, 0) is 16.1 Å². The highest BCUT2D eigenvalue weighted by molar-refractivity contribution is 5.72. The number of carboxylic acid groups (broad SMARTS) is 1. The number of carboxylic acids is 1. The minimum Gasteiger partial charge on any atom is -0.480 e. The second-order valence-corrected chi connectivity index (χ2v) is 6.99. The SMILES string of the molecule is CN(CC(=O)O)c1ncc(CN2CCC3(CC2)OCCCC3O)cn1. The number of likely N-dealkylation sites (N-methyl/N-ethyl adjacent to an activating group) is 1. The molecular formula is C17H26N4O4. The molecule has 2 aliphatic heterocycles. The molecule has 0 amide bonds. The zero-order valence-electron chi connectivity index (χ0n) is 14.6. The molecule has 138 valence electrons. The lowest BCUT2D eigenvalue weighted by atomic mass is 9.82. The summed E-state index contributed by atoms with van der Waals surface area (Å²) in [4.78, 5) is 23.1. The van der Waals surface area contributed by atoms with Gasteiger partial charge >= 0.3 is 5.97 Å². The van der Waals surface area contributed by atoms with E-state index in [1.54, 1.807) is 19.4 Å². The lowest BCUT2D eigenvalue weighted by Crippen LogP contribution is -2.55. The fourth-order valence-corrected chi connectivity index (χ4v) is 3.64. The van der Waals surface area contributed by atoms with Crippen LogP contribution >= 0.6 is 0 Å². The average molecular weight is 350 g/mol. The first-order valence-corrected chi connectivity index (χ1v) is 8.77. The van der Waals surface area contributed by atoms with Gasteiger partial charge < -0.3 is 19.8 Å². The Morgan fingerprint density at radius 3 is 2.68 bits per heavy atom. The summed E-state index contributed by atoms with van der Waals surface area (Å²) in [5.41, 5.74) is 0.641. The molecule has 3 heterocycles. The average Bonchev–Trinajstić information content (AvgIpc) is 2.60. The van der Waals surface area contributed by atoms with Gasteiger partial charge in [-0.1, -0.05) is 0 Å². The molecular weight excluding hydrogens is 324 g/mol. The number of hydrogen-bond acceptors (Lipinski definition) is 7. The maximum absolute atomic E-state index is 10.7. The van der Waals surface area contributed by atoms with Gasteiger partial charge in [-0.15, -0.1) is 0 Å². The number of carbonyl (C=O) groups is 1. The third kappa shape index (κ3) is 4.26. The topological polar surface area (TPSA) is 99.0 Å². The fraction of sp³-hybridized carbons (Fsp3) is 0.706. The largest absolute Gasteiger partial charge is 0.480 e. The Bertz CT molecular complexity index is 587. The molecule has 1 aromatic rings. The number of rotatable bonds is 5. The molecule has 0 aliphatic carbocycles. The predicted octanol–water partition coefficient (Wildman–Crippen LogP) is 0.503. The van der Waals surface area contributed by atoms with Crippen molar-refractivity contribution in [2.24, 2.45) is 0 Å². The van der Waals surface area contributed by atoms with Gasteiger partial charge in [-0.3, -0.25) is 9.69 Å². The van der Waals surface area contributed by atoms with E-state index in [1.165, 1.54) is 4.90 Å². The number of ether oxygens (including phenoxy) is 1. The maximum atomic E-state index is 10.7. The van der Waals surface area contributed by atoms with Gasteiger partial charge in [0.25, 0.3) is 0 Å². The molecule has 1 unspecified atom stereocenters. The summed E-state index contributed by atoms with van der Waals surface area (Å²) in [6.07, 6.45) is 6.60. The highest BCUT2D eigenvalue weighted by atomic mass is 16.5. The van der Waals surface area contributed by atoms with Crippen molar-refractivity contribution in [3.05, 3.63) is 18.0 Å². The Balaban J connectivity index is 1.53. The minimum absolute atomic E-state index is 0.129. The molecule has 3 rings (SSSR count). The van der Waals surface area contributed by atoms with Crippen LogP contribution in [0.3, 0.4) is 0 Å². The molecule has 2 N–H and O–H groups in total. The van der Waals surface area contributed by atoms with Crippen LogP contribution in [0.5, 0.6) is 0 Å². The Morgan fingerprint density at radius 2 is 2.08 bits per heavy atom. The number of aliphatic hydroxyl groups excluding tert-OH is 1. The molecule has 0 bridgehead atoms. The number of aliphatic carboxylic acids is 1. The lowest BCUT2D eigenvalue weighted by molar-refractivity contribution is -0.177. The van der Waals surface area contributed by atoms with Crippen LogP contribution in [0.15, 0.2) is 12.4 Å². The van der Waals surface area contributed by atoms with E-state index < -0.39 is 5.97 Å². The van der Waals surface area contributed by atoms with Crippen molar-refractivity contribution < 1.29 is 19.7 Å². The van der Waals surface area contributed by atoms with E-state index in [1.807, 2.05) is 0 Å². The first kappa shape index (κ1) is 18.0. The van der Waals surface area contributed by atoms with E-state index >= 15 is 0 Å². The molecule has 1 spiro atoms. The van der Waals surface area contributed by atoms with Crippen molar-refractivity contribution in [2.45, 2.75) is 43.9 Å². The van der Waals surface area contributed by atoms with Crippen LogP contribution in [-0.4, -0.2) is 76.0 Å². The van der Waals surface area contributed by atoms with Gasteiger partial charge in [0.15, 0.2) is 0 Å². The molecule has 0 radical (unpaired) electrons. The number of anilines is 1. The Hall–Kier alpha value is -1.77. The summed E-state index contributed by atoms with van der Waals surface area (Å²) < 4.78 is 5.94. The molecule has 0 saturated carbocycles. The monoisotopic (exact) mass is 350 g/mol. The molecule has 8 nitrogen and oxygen atoms in total. The summed E-state index contributed by atoms with van der Waals surface area (Å²) in [5.74, 6) is -0.507. The predicted molar refractivity (Wildman–Crippen MR) is 91.4 cm³/mol. The zero-order chi connectivity index (χ0) is 17.9. The highest BCUT2D eigenvalue weighted by Gasteiger charge is 2.43. The molecule has 0 aromatic carbocycles. The van der Waals surface area contributed by atoms with Gasteiger partial charge in [-0.05, 0) is 25.7 Å². The first-order valence-electron chi connectivity index (χ1n) is 8.77. The van der Waals surface area contributed by atoms with Gasteiger partial charge in [0, 0.05) is 51.2 Å². The van der Waals surface area contributed by atoms with Gasteiger partial charge in [0.05, 0.1) is 11.7 Å². The summed E-state index contributed by atoms with van der Waals surface area (Å²) in [5, 5.41) is 19.1. The van der Waals surface area contributed by atoms with Crippen LogP contribution in [0.4, 0.5) is 5.95 Å². The second kappa shape index (κ2) is 7.63. The molecule has 2 fully saturated rings. The standard InChI is InChI=1S/C17H26N4O4/c1-20(12-15(23)24)16-18-9-13(10-19-16)11-21-6-4-17(5-7-21)14(22)3-2-8-25-17/h9-10,14,22H,2-8,11-12H2,1H3,(H,23,24). The maximum Gasteiger partial charge on any atom is 0.323 e.